The number of benzene rings is 2. The second kappa shape index (κ2) is 18.6. The number of aryl methyl sites for hydroxylation is 2. The van der Waals surface area contributed by atoms with E-state index >= 15 is 0 Å². The first-order valence-corrected chi connectivity index (χ1v) is 17.5. The second-order valence-corrected chi connectivity index (χ2v) is 13.7. The van der Waals surface area contributed by atoms with Gasteiger partial charge in [0.1, 0.15) is 6.10 Å². The Morgan fingerprint density at radius 3 is 1.48 bits per heavy atom. The standard InChI is InChI=1S/C31H48O7S2/c1-4-5-6-7-8-9-10-11-12-13-14-15-24-36-25-29(38-40(34,35)31-22-18-28(3)19-23-31)26-37-39(32,33)30-20-16-27(2)17-21-30/h16-23,29H,4-15,24-26H2,1-3H3/t29-/m0/s1. The van der Waals surface area contributed by atoms with E-state index in [9.17, 15) is 16.8 Å². The summed E-state index contributed by atoms with van der Waals surface area (Å²) in [5.41, 5.74) is 1.82. The molecule has 2 aromatic rings. The molecule has 0 aromatic heterocycles. The van der Waals surface area contributed by atoms with E-state index in [2.05, 4.69) is 6.92 Å². The average Bonchev–Trinajstić information content (AvgIpc) is 2.92. The zero-order valence-electron chi connectivity index (χ0n) is 24.5. The first-order valence-electron chi connectivity index (χ1n) is 14.7. The maximum Gasteiger partial charge on any atom is 0.297 e. The van der Waals surface area contributed by atoms with Gasteiger partial charge >= 0.3 is 0 Å². The molecule has 1 atom stereocenters. The summed E-state index contributed by atoms with van der Waals surface area (Å²) in [5, 5.41) is 0. The summed E-state index contributed by atoms with van der Waals surface area (Å²) in [4.78, 5) is -0.0129. The molecule has 0 radical (unpaired) electrons. The molecular weight excluding hydrogens is 548 g/mol. The lowest BCUT2D eigenvalue weighted by Gasteiger charge is -2.18. The number of ether oxygens (including phenoxy) is 1. The van der Waals surface area contributed by atoms with Crippen LogP contribution in [0.3, 0.4) is 0 Å². The molecule has 7 nitrogen and oxygen atoms in total. The van der Waals surface area contributed by atoms with Crippen LogP contribution >= 0.6 is 0 Å². The van der Waals surface area contributed by atoms with Crippen molar-refractivity contribution >= 4 is 20.2 Å². The van der Waals surface area contributed by atoms with Crippen molar-refractivity contribution in [3.63, 3.8) is 0 Å². The molecule has 0 fully saturated rings. The Kier molecular flexibility index (Phi) is 16.0. The molecule has 0 aliphatic carbocycles. The minimum Gasteiger partial charge on any atom is -0.379 e. The first kappa shape index (κ1) is 34.4. The average molecular weight is 597 g/mol. The highest BCUT2D eigenvalue weighted by Gasteiger charge is 2.25. The van der Waals surface area contributed by atoms with Gasteiger partial charge in [-0.1, -0.05) is 113 Å². The lowest BCUT2D eigenvalue weighted by molar-refractivity contribution is 0.0289. The van der Waals surface area contributed by atoms with Crippen LogP contribution in [0.15, 0.2) is 58.3 Å². The highest BCUT2D eigenvalue weighted by atomic mass is 32.2. The molecule has 0 saturated carbocycles. The third kappa shape index (κ3) is 13.7. The summed E-state index contributed by atoms with van der Waals surface area (Å²) < 4.78 is 67.3. The van der Waals surface area contributed by atoms with Crippen LogP contribution in [0.5, 0.6) is 0 Å². The predicted octanol–water partition coefficient (Wildman–Crippen LogP) is 7.50. The number of rotatable bonds is 22. The Morgan fingerprint density at radius 2 is 1.00 bits per heavy atom. The molecule has 0 aliphatic rings. The van der Waals surface area contributed by atoms with E-state index in [1.54, 1.807) is 24.3 Å². The Morgan fingerprint density at radius 1 is 0.575 bits per heavy atom. The van der Waals surface area contributed by atoms with Crippen molar-refractivity contribution in [2.45, 2.75) is 114 Å². The van der Waals surface area contributed by atoms with Crippen molar-refractivity contribution in [2.24, 2.45) is 0 Å². The number of hydrogen-bond acceptors (Lipinski definition) is 7. The highest BCUT2D eigenvalue weighted by Crippen LogP contribution is 2.19. The molecule has 0 bridgehead atoms. The van der Waals surface area contributed by atoms with E-state index in [0.717, 1.165) is 30.4 Å². The van der Waals surface area contributed by atoms with Gasteiger partial charge in [0, 0.05) is 6.61 Å². The predicted molar refractivity (Wildman–Crippen MR) is 159 cm³/mol. The fourth-order valence-corrected chi connectivity index (χ4v) is 6.23. The normalized spacial score (nSPS) is 13.0. The van der Waals surface area contributed by atoms with Crippen LogP contribution in [-0.2, 0) is 33.3 Å². The van der Waals surface area contributed by atoms with Crippen LogP contribution in [0.2, 0.25) is 0 Å². The molecule has 226 valence electrons. The van der Waals surface area contributed by atoms with Crippen LogP contribution in [0.4, 0.5) is 0 Å². The van der Waals surface area contributed by atoms with Gasteiger partial charge in [0.25, 0.3) is 20.2 Å². The van der Waals surface area contributed by atoms with Crippen molar-refractivity contribution in [3.05, 3.63) is 59.7 Å². The largest absolute Gasteiger partial charge is 0.379 e. The van der Waals surface area contributed by atoms with Gasteiger partial charge in [0.05, 0.1) is 23.0 Å². The molecule has 2 rings (SSSR count). The lowest BCUT2D eigenvalue weighted by atomic mass is 10.1. The SMILES string of the molecule is CCCCCCCCCCCCCCOC[C@@H](COS(=O)(=O)c1ccc(C)cc1)OS(=O)(=O)c1ccc(C)cc1. The van der Waals surface area contributed by atoms with Crippen LogP contribution in [-0.4, -0.2) is 42.8 Å². The van der Waals surface area contributed by atoms with Crippen LogP contribution in [0, 0.1) is 13.8 Å². The molecule has 0 unspecified atom stereocenters. The minimum atomic E-state index is -4.14. The summed E-state index contributed by atoms with van der Waals surface area (Å²) in [6.07, 6.45) is 13.7. The van der Waals surface area contributed by atoms with E-state index in [1.807, 2.05) is 13.8 Å². The third-order valence-corrected chi connectivity index (χ3v) is 9.41. The van der Waals surface area contributed by atoms with E-state index in [-0.39, 0.29) is 16.4 Å². The molecule has 0 spiro atoms. The van der Waals surface area contributed by atoms with Crippen molar-refractivity contribution in [3.8, 4) is 0 Å². The Labute approximate surface area is 242 Å². The molecular formula is C31H48O7S2. The first-order chi connectivity index (χ1) is 19.1. The summed E-state index contributed by atoms with van der Waals surface area (Å²) in [7, 11) is -8.23. The fraction of sp³-hybridized carbons (Fsp3) is 0.613. The van der Waals surface area contributed by atoms with Crippen molar-refractivity contribution in [1.29, 1.82) is 0 Å². The topological polar surface area (TPSA) is 96.0 Å². The van der Waals surface area contributed by atoms with Gasteiger partial charge in [-0.25, -0.2) is 0 Å². The number of hydrogen-bond donors (Lipinski definition) is 0. The smallest absolute Gasteiger partial charge is 0.297 e. The molecule has 0 amide bonds. The molecule has 0 heterocycles. The van der Waals surface area contributed by atoms with Gasteiger partial charge in [-0.3, -0.25) is 8.37 Å². The summed E-state index contributed by atoms with van der Waals surface area (Å²) in [6.45, 7) is 5.79. The summed E-state index contributed by atoms with van der Waals surface area (Å²) in [6, 6.07) is 12.5. The monoisotopic (exact) mass is 596 g/mol. The van der Waals surface area contributed by atoms with Crippen molar-refractivity contribution in [2.75, 3.05) is 19.8 Å². The van der Waals surface area contributed by atoms with Gasteiger partial charge in [-0.15, -0.1) is 0 Å². The molecule has 0 N–H and O–H groups in total. The summed E-state index contributed by atoms with van der Waals surface area (Å²) in [5.74, 6) is 0. The van der Waals surface area contributed by atoms with E-state index in [1.165, 1.54) is 82.1 Å². The van der Waals surface area contributed by atoms with Gasteiger partial charge in [-0.05, 0) is 44.5 Å². The Hall–Kier alpha value is -1.78. The zero-order chi connectivity index (χ0) is 29.3. The van der Waals surface area contributed by atoms with Gasteiger partial charge < -0.3 is 4.74 Å². The maximum atomic E-state index is 12.9. The number of unbranched alkanes of at least 4 members (excludes halogenated alkanes) is 11. The molecule has 0 aliphatic heterocycles. The maximum absolute atomic E-state index is 12.9. The van der Waals surface area contributed by atoms with Crippen molar-refractivity contribution in [1.82, 2.24) is 0 Å². The molecule has 9 heteroatoms. The third-order valence-electron chi connectivity index (χ3n) is 6.74. The van der Waals surface area contributed by atoms with Gasteiger partial charge in [0.2, 0.25) is 0 Å². The second-order valence-electron chi connectivity index (χ2n) is 10.5. The van der Waals surface area contributed by atoms with E-state index in [4.69, 9.17) is 13.1 Å². The van der Waals surface area contributed by atoms with Gasteiger partial charge in [-0.2, -0.15) is 16.8 Å². The van der Waals surface area contributed by atoms with E-state index in [0.29, 0.717) is 6.61 Å². The van der Waals surface area contributed by atoms with Crippen LogP contribution in [0.25, 0.3) is 0 Å². The highest BCUT2D eigenvalue weighted by molar-refractivity contribution is 7.87. The van der Waals surface area contributed by atoms with Crippen LogP contribution in [0.1, 0.15) is 95.1 Å². The molecule has 0 saturated heterocycles. The van der Waals surface area contributed by atoms with Gasteiger partial charge in [0.15, 0.2) is 0 Å². The van der Waals surface area contributed by atoms with Crippen molar-refractivity contribution < 1.29 is 29.9 Å². The Balaban J connectivity index is 1.80. The molecule has 40 heavy (non-hydrogen) atoms. The quantitative estimate of drug-likeness (QED) is 0.103. The minimum absolute atomic E-state index is 0.00402. The van der Waals surface area contributed by atoms with Crippen LogP contribution < -0.4 is 0 Å². The lowest BCUT2D eigenvalue weighted by Crippen LogP contribution is -2.30. The van der Waals surface area contributed by atoms with E-state index < -0.39 is 32.9 Å². The fourth-order valence-electron chi connectivity index (χ4n) is 4.24. The zero-order valence-corrected chi connectivity index (χ0v) is 26.1. The molecule has 2 aromatic carbocycles. The summed E-state index contributed by atoms with van der Waals surface area (Å²) >= 11 is 0. The Bertz CT molecular complexity index is 1160.